The highest BCUT2D eigenvalue weighted by Gasteiger charge is 2.35. The number of thioether (sulfide) groups is 1. The number of amides is 2. The molecule has 2 aromatic carbocycles. The monoisotopic (exact) mass is 473 g/mol. The van der Waals surface area contributed by atoms with Gasteiger partial charge < -0.3 is 4.74 Å². The quantitative estimate of drug-likeness (QED) is 0.448. The zero-order valence-corrected chi connectivity index (χ0v) is 19.4. The Morgan fingerprint density at radius 2 is 1.86 bits per heavy atom. The Labute approximate surface area is 184 Å². The third-order valence-electron chi connectivity index (χ3n) is 4.73. The second-order valence-electron chi connectivity index (χ2n) is 7.23. The minimum absolute atomic E-state index is 0.239. The van der Waals surface area contributed by atoms with Gasteiger partial charge in [0.1, 0.15) is 5.75 Å². The molecule has 1 heterocycles. The van der Waals surface area contributed by atoms with E-state index in [1.807, 2.05) is 50.3 Å². The second kappa shape index (κ2) is 9.18. The average molecular weight is 474 g/mol. The van der Waals surface area contributed by atoms with Gasteiger partial charge in [0.05, 0.1) is 18.1 Å². The largest absolute Gasteiger partial charge is 0.494 e. The van der Waals surface area contributed by atoms with Crippen LogP contribution in [0.2, 0.25) is 0 Å². The number of carbonyl (C=O) groups excluding carboxylic acids is 2. The summed E-state index contributed by atoms with van der Waals surface area (Å²) in [6.45, 7) is 9.06. The maximum Gasteiger partial charge on any atom is 0.293 e. The summed E-state index contributed by atoms with van der Waals surface area (Å²) in [6, 6.07) is 11.7. The molecule has 4 nitrogen and oxygen atoms in total. The van der Waals surface area contributed by atoms with E-state index in [9.17, 15) is 9.59 Å². The van der Waals surface area contributed by atoms with Crippen molar-refractivity contribution in [3.05, 3.63) is 68.0 Å². The van der Waals surface area contributed by atoms with Crippen molar-refractivity contribution in [2.45, 2.75) is 40.2 Å². The van der Waals surface area contributed by atoms with Gasteiger partial charge in [0, 0.05) is 4.47 Å². The van der Waals surface area contributed by atoms with E-state index in [1.165, 1.54) is 4.90 Å². The van der Waals surface area contributed by atoms with Gasteiger partial charge in [0.2, 0.25) is 0 Å². The molecule has 152 valence electrons. The maximum atomic E-state index is 12.9. The van der Waals surface area contributed by atoms with Crippen LogP contribution in [0.25, 0.3) is 6.08 Å². The summed E-state index contributed by atoms with van der Waals surface area (Å²) < 4.78 is 6.74. The van der Waals surface area contributed by atoms with Crippen molar-refractivity contribution in [2.24, 2.45) is 0 Å². The number of halogens is 1. The van der Waals surface area contributed by atoms with Crippen LogP contribution < -0.4 is 4.74 Å². The van der Waals surface area contributed by atoms with Crippen LogP contribution in [0.1, 0.15) is 48.9 Å². The summed E-state index contributed by atoms with van der Waals surface area (Å²) in [7, 11) is 0. The molecule has 6 heteroatoms. The molecule has 0 N–H and O–H groups in total. The Morgan fingerprint density at radius 1 is 1.17 bits per heavy atom. The first-order valence-electron chi connectivity index (χ1n) is 9.57. The molecular formula is C23H24BrNO3S. The van der Waals surface area contributed by atoms with E-state index >= 15 is 0 Å². The van der Waals surface area contributed by atoms with Crippen molar-refractivity contribution < 1.29 is 14.3 Å². The van der Waals surface area contributed by atoms with Gasteiger partial charge in [0.15, 0.2) is 0 Å². The Balaban J connectivity index is 1.89. The Bertz CT molecular complexity index is 967. The number of nitrogens with zero attached hydrogens (tertiary/aromatic N) is 1. The fourth-order valence-corrected chi connectivity index (χ4v) is 4.25. The number of ether oxygens (including phenoxy) is 1. The van der Waals surface area contributed by atoms with Crippen molar-refractivity contribution in [2.75, 3.05) is 6.61 Å². The lowest BCUT2D eigenvalue weighted by Crippen LogP contribution is -2.27. The highest BCUT2D eigenvalue weighted by Crippen LogP contribution is 2.36. The maximum absolute atomic E-state index is 12.9. The van der Waals surface area contributed by atoms with Crippen LogP contribution in [0.3, 0.4) is 0 Å². The standard InChI is InChI=1S/C23H24BrNO3S/c1-5-28-20-10-15(4)17(11-19(20)14(2)3)12-21-22(26)25(23(27)29-21)13-16-6-8-18(24)9-7-16/h6-12,14H,5,13H2,1-4H3/b21-12-. The smallest absolute Gasteiger partial charge is 0.293 e. The lowest BCUT2D eigenvalue weighted by atomic mass is 9.96. The van der Waals surface area contributed by atoms with Crippen molar-refractivity contribution in [1.82, 2.24) is 4.90 Å². The fourth-order valence-electron chi connectivity index (χ4n) is 3.15. The van der Waals surface area contributed by atoms with E-state index in [2.05, 4.69) is 35.8 Å². The first kappa shape index (κ1) is 21.7. The van der Waals surface area contributed by atoms with Crippen molar-refractivity contribution in [3.63, 3.8) is 0 Å². The molecule has 0 unspecified atom stereocenters. The number of benzene rings is 2. The van der Waals surface area contributed by atoms with Crippen LogP contribution in [0.5, 0.6) is 5.75 Å². The van der Waals surface area contributed by atoms with Crippen molar-refractivity contribution in [1.29, 1.82) is 0 Å². The summed E-state index contributed by atoms with van der Waals surface area (Å²) in [5.41, 5.74) is 3.96. The lowest BCUT2D eigenvalue weighted by molar-refractivity contribution is -0.123. The van der Waals surface area contributed by atoms with Gasteiger partial charge in [-0.25, -0.2) is 0 Å². The topological polar surface area (TPSA) is 46.6 Å². The Kier molecular flexibility index (Phi) is 6.85. The molecule has 0 aliphatic carbocycles. The molecular weight excluding hydrogens is 450 g/mol. The number of hydrogen-bond donors (Lipinski definition) is 0. The predicted molar refractivity (Wildman–Crippen MR) is 122 cm³/mol. The van der Waals surface area contributed by atoms with E-state index in [1.54, 1.807) is 0 Å². The van der Waals surface area contributed by atoms with Crippen LogP contribution >= 0.6 is 27.7 Å². The molecule has 0 atom stereocenters. The molecule has 1 aliphatic heterocycles. The first-order chi connectivity index (χ1) is 13.8. The second-order valence-corrected chi connectivity index (χ2v) is 9.14. The van der Waals surface area contributed by atoms with Crippen molar-refractivity contribution in [3.8, 4) is 5.75 Å². The summed E-state index contributed by atoms with van der Waals surface area (Å²) in [5, 5.41) is -0.239. The van der Waals surface area contributed by atoms with Gasteiger partial charge in [-0.1, -0.05) is 41.9 Å². The third kappa shape index (κ3) is 4.93. The SMILES string of the molecule is CCOc1cc(C)c(/C=C2\SC(=O)N(Cc3ccc(Br)cc3)C2=O)cc1C(C)C. The molecule has 0 saturated carbocycles. The minimum atomic E-state index is -0.248. The molecule has 0 radical (unpaired) electrons. The highest BCUT2D eigenvalue weighted by molar-refractivity contribution is 9.10. The molecule has 0 aromatic heterocycles. The number of aryl methyl sites for hydroxylation is 1. The molecule has 2 amide bonds. The fraction of sp³-hybridized carbons (Fsp3) is 0.304. The first-order valence-corrected chi connectivity index (χ1v) is 11.2. The van der Waals surface area contributed by atoms with Gasteiger partial charge in [0.25, 0.3) is 11.1 Å². The molecule has 1 saturated heterocycles. The van der Waals surface area contributed by atoms with E-state index in [4.69, 9.17) is 4.74 Å². The van der Waals surface area contributed by atoms with Crippen LogP contribution in [0.4, 0.5) is 4.79 Å². The summed E-state index contributed by atoms with van der Waals surface area (Å²) in [6.07, 6.45) is 1.82. The van der Waals surface area contributed by atoms with Crippen molar-refractivity contribution >= 4 is 44.9 Å². The molecule has 1 aliphatic rings. The molecule has 2 aromatic rings. The van der Waals surface area contributed by atoms with Gasteiger partial charge in [-0.3, -0.25) is 14.5 Å². The Morgan fingerprint density at radius 3 is 2.48 bits per heavy atom. The number of carbonyl (C=O) groups is 2. The Hall–Kier alpha value is -2.05. The molecule has 29 heavy (non-hydrogen) atoms. The van der Waals surface area contributed by atoms with Crippen LogP contribution in [-0.2, 0) is 11.3 Å². The third-order valence-corrected chi connectivity index (χ3v) is 6.17. The normalized spacial score (nSPS) is 15.7. The average Bonchev–Trinajstić information content (AvgIpc) is 2.93. The number of imide groups is 1. The highest BCUT2D eigenvalue weighted by atomic mass is 79.9. The van der Waals surface area contributed by atoms with E-state index in [0.717, 1.165) is 44.2 Å². The van der Waals surface area contributed by atoms with E-state index < -0.39 is 0 Å². The molecule has 1 fully saturated rings. The number of rotatable bonds is 6. The molecule has 0 bridgehead atoms. The number of hydrogen-bond acceptors (Lipinski definition) is 4. The van der Waals surface area contributed by atoms with Gasteiger partial charge in [-0.2, -0.15) is 0 Å². The van der Waals surface area contributed by atoms with E-state index in [0.29, 0.717) is 11.5 Å². The van der Waals surface area contributed by atoms with Gasteiger partial charge in [-0.15, -0.1) is 0 Å². The van der Waals surface area contributed by atoms with E-state index in [-0.39, 0.29) is 23.6 Å². The molecule has 0 spiro atoms. The van der Waals surface area contributed by atoms with Gasteiger partial charge in [-0.05, 0) is 84.1 Å². The summed E-state index contributed by atoms with van der Waals surface area (Å²) >= 11 is 4.39. The molecule has 3 rings (SSSR count). The zero-order valence-electron chi connectivity index (χ0n) is 17.0. The van der Waals surface area contributed by atoms with Crippen LogP contribution in [0, 0.1) is 6.92 Å². The zero-order chi connectivity index (χ0) is 21.1. The van der Waals surface area contributed by atoms with Crippen LogP contribution in [0.15, 0.2) is 45.8 Å². The minimum Gasteiger partial charge on any atom is -0.494 e. The summed E-state index contributed by atoms with van der Waals surface area (Å²) in [5.74, 6) is 0.916. The summed E-state index contributed by atoms with van der Waals surface area (Å²) in [4.78, 5) is 27.1. The van der Waals surface area contributed by atoms with Crippen LogP contribution in [-0.4, -0.2) is 22.7 Å². The predicted octanol–water partition coefficient (Wildman–Crippen LogP) is 6.52. The lowest BCUT2D eigenvalue weighted by Gasteiger charge is -2.16. The van der Waals surface area contributed by atoms with Gasteiger partial charge >= 0.3 is 0 Å².